The van der Waals surface area contributed by atoms with E-state index in [0.29, 0.717) is 24.5 Å². The number of likely N-dealkylation sites (N-methyl/N-ethyl adjacent to an activating group) is 1. The van der Waals surface area contributed by atoms with Crippen molar-refractivity contribution in [2.24, 2.45) is 0 Å². The van der Waals surface area contributed by atoms with Crippen molar-refractivity contribution in [3.8, 4) is 5.75 Å². The van der Waals surface area contributed by atoms with Crippen molar-refractivity contribution in [3.63, 3.8) is 0 Å². The highest BCUT2D eigenvalue weighted by Gasteiger charge is 2.22. The molecule has 1 aliphatic rings. The van der Waals surface area contributed by atoms with Crippen LogP contribution < -0.4 is 15.4 Å². The molecule has 1 aromatic rings. The van der Waals surface area contributed by atoms with E-state index in [1.54, 1.807) is 19.2 Å². The Hall–Kier alpha value is -2.24. The summed E-state index contributed by atoms with van der Waals surface area (Å²) in [6.07, 6.45) is 0.870. The lowest BCUT2D eigenvalue weighted by Crippen LogP contribution is -2.38. The quantitative estimate of drug-likeness (QED) is 0.852. The fourth-order valence-electron chi connectivity index (χ4n) is 2.15. The molecule has 2 rings (SSSR count). The topological polar surface area (TPSA) is 70.7 Å². The van der Waals surface area contributed by atoms with E-state index < -0.39 is 0 Å². The predicted octanol–water partition coefficient (Wildman–Crippen LogP) is 1.09. The van der Waals surface area contributed by atoms with Gasteiger partial charge < -0.3 is 20.3 Å². The molecular weight excluding hydrogens is 270 g/mol. The Kier molecular flexibility index (Phi) is 5.03. The number of anilines is 1. The summed E-state index contributed by atoms with van der Waals surface area (Å²) in [6, 6.07) is 5.40. The van der Waals surface area contributed by atoms with Gasteiger partial charge in [-0.1, -0.05) is 13.0 Å². The summed E-state index contributed by atoms with van der Waals surface area (Å²) in [5.41, 5.74) is 1.29. The van der Waals surface area contributed by atoms with Crippen molar-refractivity contribution in [3.05, 3.63) is 23.8 Å². The van der Waals surface area contributed by atoms with Gasteiger partial charge in [-0.05, 0) is 18.6 Å². The summed E-state index contributed by atoms with van der Waals surface area (Å²) >= 11 is 0. The molecule has 0 saturated heterocycles. The molecule has 0 atom stereocenters. The summed E-state index contributed by atoms with van der Waals surface area (Å²) in [5.74, 6) is 0.188. The van der Waals surface area contributed by atoms with Crippen molar-refractivity contribution in [2.75, 3.05) is 38.6 Å². The number of ether oxygens (including phenoxy) is 1. The van der Waals surface area contributed by atoms with Crippen molar-refractivity contribution >= 4 is 17.5 Å². The highest BCUT2D eigenvalue weighted by molar-refractivity contribution is 6.00. The molecule has 0 aliphatic carbocycles. The third-order valence-corrected chi connectivity index (χ3v) is 3.21. The molecule has 0 bridgehead atoms. The van der Waals surface area contributed by atoms with Crippen LogP contribution in [0.15, 0.2) is 18.2 Å². The lowest BCUT2D eigenvalue weighted by atomic mass is 10.1. The molecule has 6 heteroatoms. The zero-order valence-electron chi connectivity index (χ0n) is 12.4. The van der Waals surface area contributed by atoms with Crippen LogP contribution >= 0.6 is 0 Å². The predicted molar refractivity (Wildman–Crippen MR) is 80.7 cm³/mol. The average molecular weight is 291 g/mol. The van der Waals surface area contributed by atoms with Crippen LogP contribution in [0.1, 0.15) is 23.7 Å². The Bertz CT molecular complexity index is 531. The van der Waals surface area contributed by atoms with Crippen LogP contribution in [0, 0.1) is 0 Å². The van der Waals surface area contributed by atoms with Gasteiger partial charge in [0.25, 0.3) is 5.91 Å². The van der Waals surface area contributed by atoms with Crippen LogP contribution in [0.3, 0.4) is 0 Å². The summed E-state index contributed by atoms with van der Waals surface area (Å²) in [6.45, 7) is 3.89. The number of benzene rings is 1. The third kappa shape index (κ3) is 3.65. The molecular formula is C15H21N3O3. The minimum absolute atomic E-state index is 0.0376. The Labute approximate surface area is 124 Å². The van der Waals surface area contributed by atoms with Crippen LogP contribution in [0.2, 0.25) is 0 Å². The molecule has 2 N–H and O–H groups in total. The maximum absolute atomic E-state index is 12.5. The van der Waals surface area contributed by atoms with Crippen molar-refractivity contribution in [1.29, 1.82) is 0 Å². The highest BCUT2D eigenvalue weighted by Crippen LogP contribution is 2.31. The SMILES string of the molecule is CCCNC(=O)CN(C)C(=O)c1cccc2c1OCCN2. The van der Waals surface area contributed by atoms with Crippen LogP contribution in [0.4, 0.5) is 5.69 Å². The summed E-state index contributed by atoms with van der Waals surface area (Å²) in [4.78, 5) is 25.6. The smallest absolute Gasteiger partial charge is 0.257 e. The second kappa shape index (κ2) is 6.97. The Balaban J connectivity index is 2.07. The van der Waals surface area contributed by atoms with Gasteiger partial charge in [0, 0.05) is 20.1 Å². The fraction of sp³-hybridized carbons (Fsp3) is 0.467. The number of nitrogens with one attached hydrogen (secondary N) is 2. The zero-order chi connectivity index (χ0) is 15.2. The van der Waals surface area contributed by atoms with Gasteiger partial charge in [0.1, 0.15) is 6.61 Å². The van der Waals surface area contributed by atoms with E-state index in [9.17, 15) is 9.59 Å². The molecule has 1 aromatic carbocycles. The lowest BCUT2D eigenvalue weighted by Gasteiger charge is -2.23. The van der Waals surface area contributed by atoms with Gasteiger partial charge in [-0.15, -0.1) is 0 Å². The van der Waals surface area contributed by atoms with Gasteiger partial charge in [-0.25, -0.2) is 0 Å². The normalized spacial score (nSPS) is 12.7. The Morgan fingerprint density at radius 1 is 1.43 bits per heavy atom. The van der Waals surface area contributed by atoms with E-state index in [1.165, 1.54) is 4.90 Å². The zero-order valence-corrected chi connectivity index (χ0v) is 12.4. The standard InChI is InChI=1S/C15H21N3O3/c1-3-7-17-13(19)10-18(2)15(20)11-5-4-6-12-14(11)21-9-8-16-12/h4-6,16H,3,7-10H2,1-2H3,(H,17,19). The summed E-state index contributed by atoms with van der Waals surface area (Å²) < 4.78 is 5.59. The van der Waals surface area contributed by atoms with Crippen LogP contribution in [0.25, 0.3) is 0 Å². The number of nitrogens with zero attached hydrogens (tertiary/aromatic N) is 1. The van der Waals surface area contributed by atoms with E-state index in [-0.39, 0.29) is 18.4 Å². The first-order chi connectivity index (χ1) is 10.1. The second-order valence-corrected chi connectivity index (χ2v) is 4.97. The number of fused-ring (bicyclic) bond motifs is 1. The number of carbonyl (C=O) groups excluding carboxylic acids is 2. The molecule has 0 spiro atoms. The number of hydrogen-bond donors (Lipinski definition) is 2. The first-order valence-corrected chi connectivity index (χ1v) is 7.15. The van der Waals surface area contributed by atoms with Gasteiger partial charge in [0.15, 0.2) is 5.75 Å². The average Bonchev–Trinajstić information content (AvgIpc) is 2.51. The minimum Gasteiger partial charge on any atom is -0.489 e. The van der Waals surface area contributed by atoms with Crippen LogP contribution in [-0.2, 0) is 4.79 Å². The van der Waals surface area contributed by atoms with Crippen molar-refractivity contribution in [2.45, 2.75) is 13.3 Å². The van der Waals surface area contributed by atoms with Gasteiger partial charge in [-0.3, -0.25) is 9.59 Å². The van der Waals surface area contributed by atoms with Gasteiger partial charge in [0.05, 0.1) is 17.8 Å². The molecule has 0 unspecified atom stereocenters. The molecule has 0 aromatic heterocycles. The second-order valence-electron chi connectivity index (χ2n) is 4.97. The van der Waals surface area contributed by atoms with Crippen molar-refractivity contribution in [1.82, 2.24) is 10.2 Å². The van der Waals surface area contributed by atoms with Gasteiger partial charge in [-0.2, -0.15) is 0 Å². The number of hydrogen-bond acceptors (Lipinski definition) is 4. The third-order valence-electron chi connectivity index (χ3n) is 3.21. The maximum Gasteiger partial charge on any atom is 0.257 e. The van der Waals surface area contributed by atoms with Crippen LogP contribution in [-0.4, -0.2) is 50.0 Å². The minimum atomic E-state index is -0.220. The van der Waals surface area contributed by atoms with Gasteiger partial charge >= 0.3 is 0 Å². The summed E-state index contributed by atoms with van der Waals surface area (Å²) in [5, 5.41) is 5.95. The molecule has 1 heterocycles. The Morgan fingerprint density at radius 3 is 3.00 bits per heavy atom. The maximum atomic E-state index is 12.5. The van der Waals surface area contributed by atoms with Crippen LogP contribution in [0.5, 0.6) is 5.75 Å². The Morgan fingerprint density at radius 2 is 2.24 bits per heavy atom. The first-order valence-electron chi connectivity index (χ1n) is 7.15. The summed E-state index contributed by atoms with van der Waals surface area (Å²) in [7, 11) is 1.61. The van der Waals surface area contributed by atoms with E-state index in [1.807, 2.05) is 13.0 Å². The van der Waals surface area contributed by atoms with E-state index in [0.717, 1.165) is 18.7 Å². The molecule has 0 radical (unpaired) electrons. The number of rotatable bonds is 5. The molecule has 114 valence electrons. The van der Waals surface area contributed by atoms with Gasteiger partial charge in [0.2, 0.25) is 5.91 Å². The molecule has 6 nitrogen and oxygen atoms in total. The van der Waals surface area contributed by atoms with E-state index in [2.05, 4.69) is 10.6 Å². The lowest BCUT2D eigenvalue weighted by molar-refractivity contribution is -0.121. The first kappa shape index (κ1) is 15.2. The molecule has 1 aliphatic heterocycles. The number of amides is 2. The van der Waals surface area contributed by atoms with E-state index in [4.69, 9.17) is 4.74 Å². The molecule has 21 heavy (non-hydrogen) atoms. The fourth-order valence-corrected chi connectivity index (χ4v) is 2.15. The number of carbonyl (C=O) groups is 2. The largest absolute Gasteiger partial charge is 0.489 e. The monoisotopic (exact) mass is 291 g/mol. The van der Waals surface area contributed by atoms with E-state index >= 15 is 0 Å². The molecule has 2 amide bonds. The highest BCUT2D eigenvalue weighted by atomic mass is 16.5. The van der Waals surface area contributed by atoms with Crippen molar-refractivity contribution < 1.29 is 14.3 Å². The molecule has 0 saturated carbocycles. The number of para-hydroxylation sites is 1. The molecule has 0 fully saturated rings.